The van der Waals surface area contributed by atoms with Crippen molar-refractivity contribution in [2.24, 2.45) is 0 Å². The average molecular weight is 412 g/mol. The Morgan fingerprint density at radius 3 is 1.77 bits per heavy atom. The number of thiol groups is 1. The monoisotopic (exact) mass is 411 g/mol. The summed E-state index contributed by atoms with van der Waals surface area (Å²) in [6, 6.07) is 11.6. The normalized spacial score (nSPS) is 11.2. The standard InChI is InChI=1S/C15H10ClN3O5S2/c16-13-17-14(23-9-1-5-11(25)6-2-9)19-15(18-13)24-10-3-7-12(8-4-10)26(20,21)22/h1-8,25H,(H,20,21,22). The number of nitrogens with zero attached hydrogens (tertiary/aromatic N) is 3. The van der Waals surface area contributed by atoms with Gasteiger partial charge in [0.25, 0.3) is 10.1 Å². The molecule has 134 valence electrons. The molecule has 0 atom stereocenters. The number of hydrogen-bond acceptors (Lipinski definition) is 8. The summed E-state index contributed by atoms with van der Waals surface area (Å²) < 4.78 is 41.9. The van der Waals surface area contributed by atoms with Gasteiger partial charge in [0, 0.05) is 4.90 Å². The van der Waals surface area contributed by atoms with E-state index in [-0.39, 0.29) is 27.9 Å². The quantitative estimate of drug-likeness (QED) is 0.483. The van der Waals surface area contributed by atoms with E-state index < -0.39 is 10.1 Å². The highest BCUT2D eigenvalue weighted by Gasteiger charge is 2.12. The molecule has 2 aromatic carbocycles. The first-order valence-corrected chi connectivity index (χ1v) is 9.20. The van der Waals surface area contributed by atoms with Crippen molar-refractivity contribution < 1.29 is 22.4 Å². The molecule has 8 nitrogen and oxygen atoms in total. The minimum Gasteiger partial charge on any atom is -0.424 e. The first kappa shape index (κ1) is 18.4. The van der Waals surface area contributed by atoms with Gasteiger partial charge >= 0.3 is 12.0 Å². The smallest absolute Gasteiger partial charge is 0.329 e. The van der Waals surface area contributed by atoms with Crippen LogP contribution in [0.25, 0.3) is 0 Å². The molecule has 0 aliphatic rings. The van der Waals surface area contributed by atoms with Crippen molar-refractivity contribution in [1.29, 1.82) is 0 Å². The van der Waals surface area contributed by atoms with Crippen molar-refractivity contribution in [2.45, 2.75) is 9.79 Å². The van der Waals surface area contributed by atoms with E-state index in [2.05, 4.69) is 27.6 Å². The van der Waals surface area contributed by atoms with Crippen molar-refractivity contribution in [1.82, 2.24) is 15.0 Å². The first-order valence-electron chi connectivity index (χ1n) is 6.93. The molecule has 0 unspecified atom stereocenters. The molecule has 0 aliphatic heterocycles. The molecule has 0 amide bonds. The van der Waals surface area contributed by atoms with Crippen LogP contribution in [0.2, 0.25) is 5.28 Å². The first-order chi connectivity index (χ1) is 12.3. The number of hydrogen-bond donors (Lipinski definition) is 2. The fraction of sp³-hybridized carbons (Fsp3) is 0. The lowest BCUT2D eigenvalue weighted by Crippen LogP contribution is -2.00. The van der Waals surface area contributed by atoms with Gasteiger partial charge in [0.2, 0.25) is 5.28 Å². The lowest BCUT2D eigenvalue weighted by molar-refractivity contribution is 0.397. The Hall–Kier alpha value is -2.40. The van der Waals surface area contributed by atoms with Gasteiger partial charge in [-0.1, -0.05) is 0 Å². The maximum atomic E-state index is 11.0. The van der Waals surface area contributed by atoms with Crippen molar-refractivity contribution in [2.75, 3.05) is 0 Å². The Morgan fingerprint density at radius 2 is 1.31 bits per heavy atom. The molecule has 1 N–H and O–H groups in total. The molecule has 3 rings (SSSR count). The third-order valence-corrected chi connectivity index (χ3v) is 4.28. The SMILES string of the molecule is O=S(=O)(O)c1ccc(Oc2nc(Cl)nc(Oc3ccc(S)cc3)n2)cc1. The molecule has 1 heterocycles. The van der Waals surface area contributed by atoms with Crippen molar-refractivity contribution in [3.05, 3.63) is 53.8 Å². The van der Waals surface area contributed by atoms with Gasteiger partial charge in [0.1, 0.15) is 11.5 Å². The van der Waals surface area contributed by atoms with E-state index in [0.29, 0.717) is 5.75 Å². The van der Waals surface area contributed by atoms with Gasteiger partial charge in [0.05, 0.1) is 4.90 Å². The summed E-state index contributed by atoms with van der Waals surface area (Å²) in [5, 5.41) is -0.148. The third-order valence-electron chi connectivity index (χ3n) is 2.94. The van der Waals surface area contributed by atoms with Gasteiger partial charge in [-0.25, -0.2) is 0 Å². The number of rotatable bonds is 5. The highest BCUT2D eigenvalue weighted by atomic mass is 35.5. The molecule has 0 spiro atoms. The fourth-order valence-corrected chi connectivity index (χ4v) is 2.58. The highest BCUT2D eigenvalue weighted by Crippen LogP contribution is 2.25. The van der Waals surface area contributed by atoms with E-state index in [4.69, 9.17) is 25.6 Å². The molecule has 1 aromatic heterocycles. The van der Waals surface area contributed by atoms with Crippen LogP contribution in [0.15, 0.2) is 58.3 Å². The molecule has 0 bridgehead atoms. The van der Waals surface area contributed by atoms with E-state index in [0.717, 1.165) is 4.90 Å². The molecular weight excluding hydrogens is 402 g/mol. The van der Waals surface area contributed by atoms with Crippen LogP contribution in [0.5, 0.6) is 23.5 Å². The topological polar surface area (TPSA) is 112 Å². The predicted molar refractivity (Wildman–Crippen MR) is 94.9 cm³/mol. The van der Waals surface area contributed by atoms with Crippen molar-refractivity contribution in [3.8, 4) is 23.5 Å². The summed E-state index contributed by atoms with van der Waals surface area (Å²) in [7, 11) is -4.29. The molecule has 0 fully saturated rings. The summed E-state index contributed by atoms with van der Waals surface area (Å²) in [6.07, 6.45) is 0. The lowest BCUT2D eigenvalue weighted by atomic mass is 10.3. The van der Waals surface area contributed by atoms with E-state index in [1.165, 1.54) is 24.3 Å². The summed E-state index contributed by atoms with van der Waals surface area (Å²) in [5.41, 5.74) is 0. The van der Waals surface area contributed by atoms with E-state index in [1.54, 1.807) is 24.3 Å². The number of ether oxygens (including phenoxy) is 2. The lowest BCUT2D eigenvalue weighted by Gasteiger charge is -2.07. The van der Waals surface area contributed by atoms with Crippen LogP contribution in [0.1, 0.15) is 0 Å². The van der Waals surface area contributed by atoms with Gasteiger partial charge in [-0.15, -0.1) is 17.6 Å². The molecule has 0 aliphatic carbocycles. The third kappa shape index (κ3) is 4.82. The maximum Gasteiger partial charge on any atom is 0.329 e. The van der Waals surface area contributed by atoms with Crippen LogP contribution >= 0.6 is 24.2 Å². The fourth-order valence-electron chi connectivity index (χ4n) is 1.81. The van der Waals surface area contributed by atoms with Crippen LogP contribution in [0.3, 0.4) is 0 Å². The zero-order valence-corrected chi connectivity index (χ0v) is 15.2. The summed E-state index contributed by atoms with van der Waals surface area (Å²) in [5.74, 6) is 0.693. The molecule has 26 heavy (non-hydrogen) atoms. The largest absolute Gasteiger partial charge is 0.424 e. The van der Waals surface area contributed by atoms with Crippen LogP contribution in [0.4, 0.5) is 0 Å². The van der Waals surface area contributed by atoms with Crippen molar-refractivity contribution >= 4 is 34.3 Å². The molecule has 0 saturated carbocycles. The Kier molecular flexibility index (Phi) is 5.28. The summed E-state index contributed by atoms with van der Waals surface area (Å²) in [4.78, 5) is 12.1. The van der Waals surface area contributed by atoms with Crippen LogP contribution in [-0.2, 0) is 10.1 Å². The minimum absolute atomic E-state index is 0.0820. The minimum atomic E-state index is -4.29. The molecule has 3 aromatic rings. The Morgan fingerprint density at radius 1 is 0.846 bits per heavy atom. The van der Waals surface area contributed by atoms with E-state index in [9.17, 15) is 8.42 Å². The Balaban J connectivity index is 1.80. The van der Waals surface area contributed by atoms with Crippen LogP contribution < -0.4 is 9.47 Å². The van der Waals surface area contributed by atoms with Gasteiger partial charge in [0.15, 0.2) is 0 Å². The number of aromatic nitrogens is 3. The number of halogens is 1. The molecule has 11 heteroatoms. The molecular formula is C15H10ClN3O5S2. The van der Waals surface area contributed by atoms with Gasteiger partial charge in [-0.2, -0.15) is 18.4 Å². The zero-order chi connectivity index (χ0) is 18.7. The average Bonchev–Trinajstić information content (AvgIpc) is 2.56. The summed E-state index contributed by atoms with van der Waals surface area (Å²) >= 11 is 10.0. The zero-order valence-electron chi connectivity index (χ0n) is 12.8. The maximum absolute atomic E-state index is 11.0. The second kappa shape index (κ2) is 7.46. The van der Waals surface area contributed by atoms with Crippen LogP contribution in [0, 0.1) is 0 Å². The number of benzene rings is 2. The van der Waals surface area contributed by atoms with Gasteiger partial charge in [-0.05, 0) is 60.1 Å². The molecule has 0 saturated heterocycles. The summed E-state index contributed by atoms with van der Waals surface area (Å²) in [6.45, 7) is 0. The highest BCUT2D eigenvalue weighted by molar-refractivity contribution is 7.85. The Labute approximate surface area is 159 Å². The Bertz CT molecular complexity index is 1030. The van der Waals surface area contributed by atoms with Gasteiger partial charge < -0.3 is 9.47 Å². The molecule has 0 radical (unpaired) electrons. The van der Waals surface area contributed by atoms with Crippen LogP contribution in [-0.4, -0.2) is 27.9 Å². The van der Waals surface area contributed by atoms with Gasteiger partial charge in [-0.3, -0.25) is 4.55 Å². The predicted octanol–water partition coefficient (Wildman–Crippen LogP) is 3.65. The van der Waals surface area contributed by atoms with E-state index in [1.807, 2.05) is 0 Å². The second-order valence-corrected chi connectivity index (χ2v) is 7.09. The van der Waals surface area contributed by atoms with Crippen molar-refractivity contribution in [3.63, 3.8) is 0 Å². The second-order valence-electron chi connectivity index (χ2n) is 4.81. The van der Waals surface area contributed by atoms with E-state index >= 15 is 0 Å².